The number of carbonyl (C=O) groups is 2. The van der Waals surface area contributed by atoms with E-state index >= 15 is 0 Å². The van der Waals surface area contributed by atoms with E-state index in [9.17, 15) is 9.59 Å². The lowest BCUT2D eigenvalue weighted by atomic mass is 10.2. The van der Waals surface area contributed by atoms with Crippen LogP contribution in [0.5, 0.6) is 5.88 Å². The molecule has 0 spiro atoms. The van der Waals surface area contributed by atoms with Gasteiger partial charge in [0.1, 0.15) is 6.61 Å². The van der Waals surface area contributed by atoms with E-state index in [1.807, 2.05) is 24.3 Å². The van der Waals surface area contributed by atoms with Gasteiger partial charge in [0.25, 0.3) is 0 Å². The zero-order chi connectivity index (χ0) is 19.8. The van der Waals surface area contributed by atoms with Crippen LogP contribution in [-0.4, -0.2) is 43.7 Å². The lowest BCUT2D eigenvalue weighted by Crippen LogP contribution is -2.23. The number of hydrogen-bond donors (Lipinski definition) is 1. The minimum atomic E-state index is -0.256. The Bertz CT molecular complexity index is 832. The van der Waals surface area contributed by atoms with Crippen LogP contribution in [0.4, 0.5) is 11.4 Å². The lowest BCUT2D eigenvalue weighted by molar-refractivity contribution is -0.117. The zero-order valence-electron chi connectivity index (χ0n) is 15.8. The van der Waals surface area contributed by atoms with Crippen molar-refractivity contribution in [3.63, 3.8) is 0 Å². The Balaban J connectivity index is 1.51. The van der Waals surface area contributed by atoms with Crippen molar-refractivity contribution >= 4 is 29.3 Å². The first-order valence-corrected chi connectivity index (χ1v) is 9.13. The number of aromatic nitrogens is 1. The van der Waals surface area contributed by atoms with Gasteiger partial charge < -0.3 is 19.7 Å². The Labute approximate surface area is 164 Å². The molecule has 1 aliphatic rings. The minimum Gasteiger partial charge on any atom is -0.475 e. The molecule has 0 atom stereocenters. The van der Waals surface area contributed by atoms with Crippen LogP contribution in [0, 0.1) is 0 Å². The highest BCUT2D eigenvalue weighted by Gasteiger charge is 2.21. The molecule has 2 heterocycles. The van der Waals surface area contributed by atoms with E-state index < -0.39 is 0 Å². The fraction of sp³-hybridized carbons (Fsp3) is 0.286. The van der Waals surface area contributed by atoms with Crippen molar-refractivity contribution in [2.45, 2.75) is 12.8 Å². The molecule has 0 bridgehead atoms. The van der Waals surface area contributed by atoms with Gasteiger partial charge in [-0.1, -0.05) is 12.1 Å². The summed E-state index contributed by atoms with van der Waals surface area (Å²) in [7, 11) is 1.60. The molecule has 0 aliphatic carbocycles. The summed E-state index contributed by atoms with van der Waals surface area (Å²) in [5.41, 5.74) is 2.35. The molecule has 0 radical (unpaired) electrons. The summed E-state index contributed by atoms with van der Waals surface area (Å²) < 4.78 is 10.3. The smallest absolute Gasteiger partial charge is 0.248 e. The maximum Gasteiger partial charge on any atom is 0.248 e. The van der Waals surface area contributed by atoms with Gasteiger partial charge in [-0.2, -0.15) is 0 Å². The number of methoxy groups -OCH3 is 1. The molecule has 7 heteroatoms. The average Bonchev–Trinajstić information content (AvgIpc) is 3.14. The molecule has 28 heavy (non-hydrogen) atoms. The predicted octanol–water partition coefficient (Wildman–Crippen LogP) is 2.89. The van der Waals surface area contributed by atoms with Crippen LogP contribution in [0.2, 0.25) is 0 Å². The van der Waals surface area contributed by atoms with Crippen molar-refractivity contribution in [1.82, 2.24) is 4.98 Å². The van der Waals surface area contributed by atoms with E-state index in [4.69, 9.17) is 9.47 Å². The summed E-state index contributed by atoms with van der Waals surface area (Å²) in [5.74, 6) is 0.377. The molecule has 1 aromatic heterocycles. The molecule has 1 aromatic carbocycles. The van der Waals surface area contributed by atoms with Gasteiger partial charge in [0.05, 0.1) is 18.5 Å². The third-order valence-electron chi connectivity index (χ3n) is 4.25. The Kier molecular flexibility index (Phi) is 6.75. The normalized spacial score (nSPS) is 13.9. The van der Waals surface area contributed by atoms with Crippen LogP contribution >= 0.6 is 0 Å². The number of pyridine rings is 1. The Hall–Kier alpha value is -3.19. The Morgan fingerprint density at radius 3 is 2.68 bits per heavy atom. The highest BCUT2D eigenvalue weighted by molar-refractivity contribution is 6.02. The molecule has 146 valence electrons. The Morgan fingerprint density at radius 2 is 2.04 bits per heavy atom. The summed E-state index contributed by atoms with van der Waals surface area (Å²) in [5, 5.41) is 2.75. The molecule has 0 unspecified atom stereocenters. The molecule has 3 rings (SSSR count). The van der Waals surface area contributed by atoms with E-state index in [1.165, 1.54) is 12.3 Å². The average molecular weight is 381 g/mol. The molecule has 2 aromatic rings. The van der Waals surface area contributed by atoms with Crippen LogP contribution in [-0.2, 0) is 14.3 Å². The van der Waals surface area contributed by atoms with Crippen molar-refractivity contribution in [2.75, 3.05) is 37.1 Å². The molecule has 1 saturated heterocycles. The van der Waals surface area contributed by atoms with Gasteiger partial charge in [-0.05, 0) is 36.3 Å². The van der Waals surface area contributed by atoms with Gasteiger partial charge in [0.15, 0.2) is 0 Å². The van der Waals surface area contributed by atoms with Crippen molar-refractivity contribution < 1.29 is 19.1 Å². The van der Waals surface area contributed by atoms with Gasteiger partial charge in [0, 0.05) is 37.9 Å². The second kappa shape index (κ2) is 9.66. The van der Waals surface area contributed by atoms with Gasteiger partial charge in [-0.3, -0.25) is 9.59 Å². The number of ether oxygens (including phenoxy) is 2. The summed E-state index contributed by atoms with van der Waals surface area (Å²) in [6.07, 6.45) is 6.22. The van der Waals surface area contributed by atoms with Gasteiger partial charge >= 0.3 is 0 Å². The van der Waals surface area contributed by atoms with Crippen molar-refractivity contribution in [2.24, 2.45) is 0 Å². The minimum absolute atomic E-state index is 0.159. The van der Waals surface area contributed by atoms with E-state index in [-0.39, 0.29) is 11.8 Å². The first kappa shape index (κ1) is 19.6. The highest BCUT2D eigenvalue weighted by Crippen LogP contribution is 2.22. The number of anilines is 2. The molecule has 2 amide bonds. The summed E-state index contributed by atoms with van der Waals surface area (Å²) in [4.78, 5) is 29.8. The van der Waals surface area contributed by atoms with E-state index in [2.05, 4.69) is 10.3 Å². The molecule has 7 nitrogen and oxygen atoms in total. The van der Waals surface area contributed by atoms with E-state index in [0.29, 0.717) is 31.2 Å². The molecule has 1 aliphatic heterocycles. The number of amides is 2. The SMILES string of the molecule is COCCOc1ccc(NC(=O)/C=C/c2ccc(N3CCCC3=O)cc2)cn1. The fourth-order valence-corrected chi connectivity index (χ4v) is 2.81. The van der Waals surface area contributed by atoms with Crippen LogP contribution in [0.1, 0.15) is 18.4 Å². The van der Waals surface area contributed by atoms with Crippen molar-refractivity contribution in [3.8, 4) is 5.88 Å². The molecular formula is C21H23N3O4. The maximum absolute atomic E-state index is 12.1. The largest absolute Gasteiger partial charge is 0.475 e. The van der Waals surface area contributed by atoms with Gasteiger partial charge in [-0.25, -0.2) is 4.98 Å². The number of nitrogens with one attached hydrogen (secondary N) is 1. The second-order valence-corrected chi connectivity index (χ2v) is 6.29. The Morgan fingerprint density at radius 1 is 1.21 bits per heavy atom. The molecule has 0 saturated carbocycles. The molecule has 1 fully saturated rings. The van der Waals surface area contributed by atoms with E-state index in [1.54, 1.807) is 30.2 Å². The standard InChI is InChI=1S/C21H23N3O4/c1-27-13-14-28-20-11-7-17(15-22-20)23-19(25)10-6-16-4-8-18(9-5-16)24-12-2-3-21(24)26/h4-11,15H,2-3,12-14H2,1H3,(H,23,25)/b10-6+. The van der Waals surface area contributed by atoms with Crippen LogP contribution in [0.15, 0.2) is 48.7 Å². The monoisotopic (exact) mass is 381 g/mol. The van der Waals surface area contributed by atoms with Gasteiger partial charge in [0.2, 0.25) is 17.7 Å². The maximum atomic E-state index is 12.1. The van der Waals surface area contributed by atoms with Crippen LogP contribution < -0.4 is 15.0 Å². The van der Waals surface area contributed by atoms with Crippen LogP contribution in [0.25, 0.3) is 6.08 Å². The lowest BCUT2D eigenvalue weighted by Gasteiger charge is -2.15. The highest BCUT2D eigenvalue weighted by atomic mass is 16.5. The number of hydrogen-bond acceptors (Lipinski definition) is 5. The predicted molar refractivity (Wildman–Crippen MR) is 107 cm³/mol. The number of nitrogens with zero attached hydrogens (tertiary/aromatic N) is 2. The third-order valence-corrected chi connectivity index (χ3v) is 4.25. The number of benzene rings is 1. The second-order valence-electron chi connectivity index (χ2n) is 6.29. The number of rotatable bonds is 8. The quantitative estimate of drug-likeness (QED) is 0.562. The number of carbonyl (C=O) groups excluding carboxylic acids is 2. The fourth-order valence-electron chi connectivity index (χ4n) is 2.81. The molecular weight excluding hydrogens is 358 g/mol. The topological polar surface area (TPSA) is 80.8 Å². The zero-order valence-corrected chi connectivity index (χ0v) is 15.8. The summed E-state index contributed by atoms with van der Waals surface area (Å²) in [6.45, 7) is 1.67. The van der Waals surface area contributed by atoms with Crippen molar-refractivity contribution in [3.05, 3.63) is 54.2 Å². The van der Waals surface area contributed by atoms with Crippen molar-refractivity contribution in [1.29, 1.82) is 0 Å². The first-order chi connectivity index (χ1) is 13.7. The summed E-state index contributed by atoms with van der Waals surface area (Å²) in [6, 6.07) is 11.0. The van der Waals surface area contributed by atoms with Crippen LogP contribution in [0.3, 0.4) is 0 Å². The first-order valence-electron chi connectivity index (χ1n) is 9.13. The molecule has 1 N–H and O–H groups in total. The third kappa shape index (κ3) is 5.40. The van der Waals surface area contributed by atoms with E-state index in [0.717, 1.165) is 24.2 Å². The summed E-state index contributed by atoms with van der Waals surface area (Å²) >= 11 is 0. The van der Waals surface area contributed by atoms with Gasteiger partial charge in [-0.15, -0.1) is 0 Å².